The fourth-order valence-corrected chi connectivity index (χ4v) is 5.55. The third kappa shape index (κ3) is 6.52. The summed E-state index contributed by atoms with van der Waals surface area (Å²) in [6, 6.07) is 12.8. The molecule has 1 aromatic carbocycles. The minimum Gasteiger partial charge on any atom is -0.716 e. The number of aromatic nitrogens is 1. The van der Waals surface area contributed by atoms with Gasteiger partial charge in [0.2, 0.25) is 11.5 Å². The van der Waals surface area contributed by atoms with Crippen molar-refractivity contribution in [3.05, 3.63) is 54.2 Å². The Kier molecular flexibility index (Phi) is 9.12. The van der Waals surface area contributed by atoms with Gasteiger partial charge in [0.1, 0.15) is 11.7 Å². The Morgan fingerprint density at radius 1 is 1.10 bits per heavy atom. The van der Waals surface area contributed by atoms with Crippen LogP contribution in [-0.4, -0.2) is 75.8 Å². The molecule has 2 fully saturated rings. The molecule has 0 aliphatic carbocycles. The first kappa shape index (κ1) is 30.9. The number of pyridine rings is 1. The Balaban J connectivity index is 1.56. The summed E-state index contributed by atoms with van der Waals surface area (Å²) >= 11 is 0. The quantitative estimate of drug-likeness (QED) is 0.248. The van der Waals surface area contributed by atoms with Gasteiger partial charge in [-0.2, -0.15) is 0 Å². The molecule has 2 bridgehead atoms. The molecule has 0 saturated carbocycles. The number of hydrogen-bond donors (Lipinski definition) is 3. The van der Waals surface area contributed by atoms with Crippen molar-refractivity contribution in [2.75, 3.05) is 7.05 Å². The van der Waals surface area contributed by atoms with Crippen molar-refractivity contribution in [1.29, 1.82) is 0 Å². The van der Waals surface area contributed by atoms with Crippen molar-refractivity contribution in [2.45, 2.75) is 70.0 Å². The van der Waals surface area contributed by atoms with E-state index in [1.165, 1.54) is 20.0 Å². The Labute approximate surface area is 243 Å². The van der Waals surface area contributed by atoms with E-state index in [4.69, 9.17) is 9.31 Å². The van der Waals surface area contributed by atoms with E-state index < -0.39 is 72.7 Å². The summed E-state index contributed by atoms with van der Waals surface area (Å²) in [7, 11) is 1.40. The maximum Gasteiger partial charge on any atom is 0.576 e. The summed E-state index contributed by atoms with van der Waals surface area (Å²) < 4.78 is 15.7. The van der Waals surface area contributed by atoms with Gasteiger partial charge in [-0.1, -0.05) is 56.7 Å². The molecular formula is C29H36BN3O9. The third-order valence-corrected chi connectivity index (χ3v) is 7.54. The molecule has 224 valence electrons. The largest absolute Gasteiger partial charge is 0.716 e. The highest BCUT2D eigenvalue weighted by Crippen LogP contribution is 2.47. The first-order valence-corrected chi connectivity index (χ1v) is 14.0. The first-order chi connectivity index (χ1) is 19.9. The van der Waals surface area contributed by atoms with E-state index in [1.807, 2.05) is 44.2 Å². The van der Waals surface area contributed by atoms with Gasteiger partial charge in [0.25, 0.3) is 11.9 Å². The molecule has 3 heterocycles. The summed E-state index contributed by atoms with van der Waals surface area (Å²) in [5.74, 6) is -4.22. The van der Waals surface area contributed by atoms with Gasteiger partial charge in [-0.05, 0) is 37.2 Å². The smallest absolute Gasteiger partial charge is 0.576 e. The number of carbonyl (C=O) groups excluding carboxylic acids is 4. The van der Waals surface area contributed by atoms with Crippen molar-refractivity contribution >= 4 is 36.3 Å². The number of hydrogen-bond acceptors (Lipinski definition) is 9. The van der Waals surface area contributed by atoms with Crippen LogP contribution in [0.5, 0.6) is 0 Å². The molecule has 1 aromatic heterocycles. The van der Waals surface area contributed by atoms with E-state index in [9.17, 15) is 29.1 Å². The topological polar surface area (TPSA) is 174 Å². The summed E-state index contributed by atoms with van der Waals surface area (Å²) in [5.41, 5.74) is -0.388. The molecule has 0 spiro atoms. The zero-order valence-electron chi connectivity index (χ0n) is 24.0. The molecule has 4 rings (SSSR count). The molecule has 12 nitrogen and oxygen atoms in total. The number of benzene rings is 1. The number of nitrogens with zero attached hydrogens (tertiary/aromatic N) is 1. The van der Waals surface area contributed by atoms with E-state index in [2.05, 4.69) is 20.3 Å². The summed E-state index contributed by atoms with van der Waals surface area (Å²) in [6.07, 6.45) is -2.24. The highest BCUT2D eigenvalue weighted by molar-refractivity contribution is 6.67. The number of ketones is 1. The van der Waals surface area contributed by atoms with Crippen molar-refractivity contribution < 1.29 is 43.0 Å². The molecule has 2 aliphatic rings. The van der Waals surface area contributed by atoms with Gasteiger partial charge < -0.3 is 29.7 Å². The van der Waals surface area contributed by atoms with Gasteiger partial charge in [0, 0.05) is 17.4 Å². The zero-order valence-corrected chi connectivity index (χ0v) is 24.0. The van der Waals surface area contributed by atoms with Crippen LogP contribution < -0.4 is 10.6 Å². The van der Waals surface area contributed by atoms with Gasteiger partial charge in [0.05, 0.1) is 24.6 Å². The Hall–Kier alpha value is -4.10. The van der Waals surface area contributed by atoms with E-state index >= 15 is 0 Å². The lowest BCUT2D eigenvalue weighted by Crippen LogP contribution is -2.57. The van der Waals surface area contributed by atoms with Crippen molar-refractivity contribution in [1.82, 2.24) is 15.6 Å². The van der Waals surface area contributed by atoms with E-state index in [-0.39, 0.29) is 24.5 Å². The summed E-state index contributed by atoms with van der Waals surface area (Å²) in [5, 5.41) is 15.5. The fourth-order valence-electron chi connectivity index (χ4n) is 5.55. The Morgan fingerprint density at radius 2 is 1.81 bits per heavy atom. The number of aliphatic hydroxyl groups is 1. The number of fused-ring (bicyclic) bond motifs is 2. The van der Waals surface area contributed by atoms with E-state index in [1.54, 1.807) is 12.1 Å². The van der Waals surface area contributed by atoms with E-state index in [0.29, 0.717) is 5.69 Å². The number of aliphatic carboxylic acids is 1. The number of carboxylic acids is 1. The Morgan fingerprint density at radius 3 is 2.45 bits per heavy atom. The monoisotopic (exact) mass is 581 g/mol. The van der Waals surface area contributed by atoms with Crippen LogP contribution in [0.1, 0.15) is 56.9 Å². The van der Waals surface area contributed by atoms with Gasteiger partial charge in [-0.3, -0.25) is 19.2 Å². The molecule has 2 amide bonds. The van der Waals surface area contributed by atoms with Crippen LogP contribution in [0.15, 0.2) is 48.5 Å². The summed E-state index contributed by atoms with van der Waals surface area (Å²) in [6.45, 7) is 2.15. The third-order valence-electron chi connectivity index (χ3n) is 7.54. The molecule has 42 heavy (non-hydrogen) atoms. The van der Waals surface area contributed by atoms with Gasteiger partial charge in [-0.25, -0.2) is 4.98 Å². The van der Waals surface area contributed by atoms with E-state index in [0.717, 1.165) is 5.56 Å². The second-order valence-corrected chi connectivity index (χ2v) is 11.3. The highest BCUT2D eigenvalue weighted by atomic mass is 16.8. The lowest BCUT2D eigenvalue weighted by atomic mass is 9.57. The maximum atomic E-state index is 13.6. The molecule has 0 radical (unpaired) electrons. The highest BCUT2D eigenvalue weighted by Gasteiger charge is 2.69. The predicted molar refractivity (Wildman–Crippen MR) is 152 cm³/mol. The van der Waals surface area contributed by atoms with Gasteiger partial charge in [0.15, 0.2) is 5.78 Å². The molecule has 2 saturated heterocycles. The van der Waals surface area contributed by atoms with Crippen LogP contribution in [0, 0.1) is 5.92 Å². The van der Waals surface area contributed by atoms with Crippen molar-refractivity contribution in [2.24, 2.45) is 5.92 Å². The molecule has 4 N–H and O–H groups in total. The molecule has 1 unspecified atom stereocenters. The predicted octanol–water partition coefficient (Wildman–Crippen LogP) is 1.45. The summed E-state index contributed by atoms with van der Waals surface area (Å²) in [4.78, 5) is 69.1. The normalized spacial score (nSPS) is 23.4. The second-order valence-electron chi connectivity index (χ2n) is 11.3. The number of Topliss-reactive ketones (excluding diaryl/α,β-unsaturated/α-hetero) is 1. The van der Waals surface area contributed by atoms with Crippen LogP contribution >= 0.6 is 0 Å². The van der Waals surface area contributed by atoms with Gasteiger partial charge >= 0.3 is 12.7 Å². The van der Waals surface area contributed by atoms with Crippen molar-refractivity contribution in [3.63, 3.8) is 0 Å². The van der Waals surface area contributed by atoms with Gasteiger partial charge in [-0.15, -0.1) is 0 Å². The number of amides is 2. The lowest BCUT2D eigenvalue weighted by molar-refractivity contribution is -0.158. The number of rotatable bonds is 12. The molecule has 5 atom stereocenters. The lowest BCUT2D eigenvalue weighted by Gasteiger charge is -2.43. The maximum absolute atomic E-state index is 13.6. The van der Waals surface area contributed by atoms with Crippen LogP contribution in [0.4, 0.5) is 0 Å². The average Bonchev–Trinajstić information content (AvgIpc) is 3.15. The fraction of sp³-hybridized carbons (Fsp3) is 0.448. The van der Waals surface area contributed by atoms with Crippen LogP contribution in [0.3, 0.4) is 0 Å². The van der Waals surface area contributed by atoms with Crippen LogP contribution in [0.25, 0.3) is 11.3 Å². The Bertz CT molecular complexity index is 1370. The SMILES string of the molecule is CNC(=O)C[C@@]12CC(=O)O[B-]([C@@H](CC(=O)[C@@H](NC(=O)c3cccc(-c4ccccc4)n3)[C@@H](C)O)CC(C)C)(O1)[OH+]C2=O. The van der Waals surface area contributed by atoms with Crippen molar-refractivity contribution in [3.8, 4) is 11.3 Å². The zero-order chi connectivity index (χ0) is 30.7. The number of nitrogens with one attached hydrogen (secondary N) is 2. The van der Waals surface area contributed by atoms with Crippen LogP contribution in [0.2, 0.25) is 5.82 Å². The molecule has 2 aliphatic heterocycles. The first-order valence-electron chi connectivity index (χ1n) is 14.0. The second kappa shape index (κ2) is 12.4. The molecule has 2 aromatic rings. The standard InChI is InChI=1S/C29H36BN3O9/c1-17(2)13-20(30-40-25(37)16-29(42-30,28(39)41-30)15-24(36)31-4)14-23(35)26(18(3)34)33-27(38)22-12-8-11-21(32-22)19-9-6-5-7-10-19/h5-12,17-18,20,26,34,41H,13-16H2,1-4H3,(H,31,36)(H,33,38)/t18-,20-,26+,29+,30?/m1/s1. The number of aliphatic hydroxyl groups excluding tert-OH is 1. The average molecular weight is 581 g/mol. The minimum atomic E-state index is -2.97. The minimum absolute atomic E-state index is 0.0351. The number of carbonyl (C=O) groups is 5. The van der Waals surface area contributed by atoms with Crippen LogP contribution in [-0.2, 0) is 28.5 Å². The molecule has 13 heteroatoms. The molecular weight excluding hydrogens is 545 g/mol.